The molecule has 4 rings (SSSR count). The lowest BCUT2D eigenvalue weighted by Crippen LogP contribution is -2.28. The number of thioether (sulfide) groups is 1. The van der Waals surface area contributed by atoms with Gasteiger partial charge >= 0.3 is 0 Å². The Labute approximate surface area is 182 Å². The highest BCUT2D eigenvalue weighted by atomic mass is 35.5. The SMILES string of the molecule is O=C1CS[C@@H](c2cc(Cl)ccc2OCc2cccc(F)c2)N1c1ccc(Cl)cc1. The van der Waals surface area contributed by atoms with Crippen molar-refractivity contribution in [1.82, 2.24) is 0 Å². The van der Waals surface area contributed by atoms with E-state index in [-0.39, 0.29) is 23.7 Å². The summed E-state index contributed by atoms with van der Waals surface area (Å²) < 4.78 is 19.4. The lowest BCUT2D eigenvalue weighted by Gasteiger charge is -2.26. The van der Waals surface area contributed by atoms with E-state index < -0.39 is 0 Å². The van der Waals surface area contributed by atoms with Crippen molar-refractivity contribution < 1.29 is 13.9 Å². The van der Waals surface area contributed by atoms with Gasteiger partial charge in [-0.3, -0.25) is 9.69 Å². The number of hydrogen-bond donors (Lipinski definition) is 0. The quantitative estimate of drug-likeness (QED) is 0.447. The Morgan fingerprint density at radius 3 is 2.55 bits per heavy atom. The minimum atomic E-state index is -0.312. The lowest BCUT2D eigenvalue weighted by molar-refractivity contribution is -0.115. The topological polar surface area (TPSA) is 29.5 Å². The number of benzene rings is 3. The van der Waals surface area contributed by atoms with Crippen molar-refractivity contribution >= 4 is 46.6 Å². The molecule has 0 N–H and O–H groups in total. The van der Waals surface area contributed by atoms with Gasteiger partial charge in [0.2, 0.25) is 5.91 Å². The highest BCUT2D eigenvalue weighted by Crippen LogP contribution is 2.45. The van der Waals surface area contributed by atoms with Crippen molar-refractivity contribution in [1.29, 1.82) is 0 Å². The maximum absolute atomic E-state index is 13.5. The smallest absolute Gasteiger partial charge is 0.238 e. The molecule has 0 saturated carbocycles. The zero-order chi connectivity index (χ0) is 20.4. The van der Waals surface area contributed by atoms with Crippen molar-refractivity contribution in [2.45, 2.75) is 12.0 Å². The number of carbonyl (C=O) groups excluding carboxylic acids is 1. The van der Waals surface area contributed by atoms with E-state index in [1.54, 1.807) is 41.3 Å². The van der Waals surface area contributed by atoms with Crippen molar-refractivity contribution in [2.75, 3.05) is 10.7 Å². The standard InChI is InChI=1S/C22H16Cl2FNO2S/c23-15-4-7-18(8-5-15)26-21(27)13-29-22(26)19-11-16(24)6-9-20(19)28-12-14-2-1-3-17(25)10-14/h1-11,22H,12-13H2/t22-/m0/s1. The summed E-state index contributed by atoms with van der Waals surface area (Å²) in [4.78, 5) is 14.3. The number of ether oxygens (including phenoxy) is 1. The van der Waals surface area contributed by atoms with Gasteiger partial charge in [-0.05, 0) is 60.2 Å². The first-order chi connectivity index (χ1) is 14.0. The number of hydrogen-bond acceptors (Lipinski definition) is 3. The Kier molecular flexibility index (Phi) is 5.99. The number of halogens is 3. The molecule has 1 aliphatic heterocycles. The average molecular weight is 448 g/mol. The molecule has 3 aromatic rings. The minimum Gasteiger partial charge on any atom is -0.489 e. The van der Waals surface area contributed by atoms with Gasteiger partial charge in [0, 0.05) is 21.3 Å². The van der Waals surface area contributed by atoms with Crippen LogP contribution in [0.1, 0.15) is 16.5 Å². The van der Waals surface area contributed by atoms with E-state index in [1.165, 1.54) is 23.9 Å². The maximum Gasteiger partial charge on any atom is 0.238 e. The predicted molar refractivity (Wildman–Crippen MR) is 116 cm³/mol. The van der Waals surface area contributed by atoms with E-state index in [4.69, 9.17) is 27.9 Å². The Morgan fingerprint density at radius 1 is 1.03 bits per heavy atom. The molecule has 0 aromatic heterocycles. The molecule has 0 aliphatic carbocycles. The normalized spacial score (nSPS) is 16.3. The van der Waals surface area contributed by atoms with Gasteiger partial charge in [-0.15, -0.1) is 11.8 Å². The summed E-state index contributed by atoms with van der Waals surface area (Å²) in [7, 11) is 0. The fourth-order valence-corrected chi connectivity index (χ4v) is 4.66. The largest absolute Gasteiger partial charge is 0.489 e. The first kappa shape index (κ1) is 20.1. The third-order valence-corrected chi connectivity index (χ3v) is 6.18. The third kappa shape index (κ3) is 4.53. The second kappa shape index (κ2) is 8.66. The van der Waals surface area contributed by atoms with Crippen LogP contribution in [0.15, 0.2) is 66.7 Å². The van der Waals surface area contributed by atoms with Gasteiger partial charge in [0.25, 0.3) is 0 Å². The number of anilines is 1. The fourth-order valence-electron chi connectivity index (χ4n) is 3.17. The van der Waals surface area contributed by atoms with Crippen LogP contribution in [0.2, 0.25) is 10.0 Å². The molecule has 1 atom stereocenters. The Balaban J connectivity index is 1.65. The molecule has 1 aliphatic rings. The van der Waals surface area contributed by atoms with Gasteiger partial charge in [0.15, 0.2) is 0 Å². The van der Waals surface area contributed by atoms with E-state index in [0.29, 0.717) is 21.5 Å². The van der Waals surface area contributed by atoms with Crippen LogP contribution in [0.3, 0.4) is 0 Å². The zero-order valence-electron chi connectivity index (χ0n) is 15.1. The van der Waals surface area contributed by atoms with Crippen LogP contribution in [0, 0.1) is 5.82 Å². The van der Waals surface area contributed by atoms with Crippen LogP contribution < -0.4 is 9.64 Å². The van der Waals surface area contributed by atoms with E-state index in [1.807, 2.05) is 18.2 Å². The first-order valence-corrected chi connectivity index (χ1v) is 10.7. The molecule has 3 nitrogen and oxygen atoms in total. The third-order valence-electron chi connectivity index (χ3n) is 4.49. The van der Waals surface area contributed by atoms with Crippen LogP contribution in [0.4, 0.5) is 10.1 Å². The molecule has 1 fully saturated rings. The van der Waals surface area contributed by atoms with Gasteiger partial charge in [-0.1, -0.05) is 35.3 Å². The molecular formula is C22H16Cl2FNO2S. The molecule has 0 radical (unpaired) electrons. The molecule has 0 bridgehead atoms. The van der Waals surface area contributed by atoms with Crippen molar-refractivity contribution in [2.24, 2.45) is 0 Å². The van der Waals surface area contributed by atoms with E-state index in [2.05, 4.69) is 0 Å². The lowest BCUT2D eigenvalue weighted by atomic mass is 10.1. The first-order valence-electron chi connectivity index (χ1n) is 8.87. The minimum absolute atomic E-state index is 0.00150. The highest BCUT2D eigenvalue weighted by Gasteiger charge is 2.36. The number of amides is 1. The summed E-state index contributed by atoms with van der Waals surface area (Å²) >= 11 is 13.7. The summed E-state index contributed by atoms with van der Waals surface area (Å²) in [5, 5.41) is 0.866. The maximum atomic E-state index is 13.5. The summed E-state index contributed by atoms with van der Waals surface area (Å²) in [6.45, 7) is 0.207. The molecule has 148 valence electrons. The number of carbonyl (C=O) groups is 1. The summed E-state index contributed by atoms with van der Waals surface area (Å²) in [6.07, 6.45) is 0. The van der Waals surface area contributed by atoms with Crippen LogP contribution in [-0.2, 0) is 11.4 Å². The van der Waals surface area contributed by atoms with E-state index in [0.717, 1.165) is 16.8 Å². The van der Waals surface area contributed by atoms with Gasteiger partial charge in [-0.2, -0.15) is 0 Å². The zero-order valence-corrected chi connectivity index (χ0v) is 17.5. The molecular weight excluding hydrogens is 432 g/mol. The molecule has 29 heavy (non-hydrogen) atoms. The summed E-state index contributed by atoms with van der Waals surface area (Å²) in [5.41, 5.74) is 2.26. The molecule has 3 aromatic carbocycles. The van der Waals surface area contributed by atoms with E-state index in [9.17, 15) is 9.18 Å². The van der Waals surface area contributed by atoms with Crippen LogP contribution in [0.25, 0.3) is 0 Å². The Morgan fingerprint density at radius 2 is 1.79 bits per heavy atom. The molecule has 7 heteroatoms. The molecule has 1 saturated heterocycles. The van der Waals surface area contributed by atoms with Crippen molar-refractivity contribution in [3.63, 3.8) is 0 Å². The fraction of sp³-hybridized carbons (Fsp3) is 0.136. The van der Waals surface area contributed by atoms with Crippen molar-refractivity contribution in [3.8, 4) is 5.75 Å². The van der Waals surface area contributed by atoms with Gasteiger partial charge in [-0.25, -0.2) is 4.39 Å². The molecule has 1 amide bonds. The Hall–Kier alpha value is -2.21. The second-order valence-electron chi connectivity index (χ2n) is 6.50. The highest BCUT2D eigenvalue weighted by molar-refractivity contribution is 8.00. The number of nitrogens with zero attached hydrogens (tertiary/aromatic N) is 1. The monoisotopic (exact) mass is 447 g/mol. The molecule has 1 heterocycles. The van der Waals surface area contributed by atoms with Crippen LogP contribution in [-0.4, -0.2) is 11.7 Å². The molecule has 0 spiro atoms. The van der Waals surface area contributed by atoms with Crippen LogP contribution >= 0.6 is 35.0 Å². The average Bonchev–Trinajstić information content (AvgIpc) is 3.09. The van der Waals surface area contributed by atoms with E-state index >= 15 is 0 Å². The number of rotatable bonds is 5. The van der Waals surface area contributed by atoms with Gasteiger partial charge in [0.1, 0.15) is 23.5 Å². The second-order valence-corrected chi connectivity index (χ2v) is 8.45. The van der Waals surface area contributed by atoms with Crippen molar-refractivity contribution in [3.05, 3.63) is 93.7 Å². The summed E-state index contributed by atoms with van der Waals surface area (Å²) in [6, 6.07) is 18.7. The van der Waals surface area contributed by atoms with Crippen LogP contribution in [0.5, 0.6) is 5.75 Å². The summed E-state index contributed by atoms with van der Waals surface area (Å²) in [5.74, 6) is 0.639. The van der Waals surface area contributed by atoms with Gasteiger partial charge in [0.05, 0.1) is 5.75 Å². The Bertz CT molecular complexity index is 1050. The predicted octanol–water partition coefficient (Wildman–Crippen LogP) is 6.49. The van der Waals surface area contributed by atoms with Gasteiger partial charge < -0.3 is 4.74 Å². The molecule has 0 unspecified atom stereocenters.